The van der Waals surface area contributed by atoms with Gasteiger partial charge in [-0.05, 0) is 37.6 Å². The molecular formula is C27H26N6O4S2. The van der Waals surface area contributed by atoms with Gasteiger partial charge in [0.05, 0.1) is 29.5 Å². The zero-order valence-electron chi connectivity index (χ0n) is 21.9. The Labute approximate surface area is 234 Å². The maximum Gasteiger partial charge on any atom is 0.296 e. The van der Waals surface area contributed by atoms with Crippen LogP contribution >= 0.6 is 24.0 Å². The molecule has 2 saturated heterocycles. The summed E-state index contributed by atoms with van der Waals surface area (Å²) in [4.78, 5) is 44.0. The van der Waals surface area contributed by atoms with E-state index in [1.807, 2.05) is 41.3 Å². The molecule has 0 bridgehead atoms. The smallest absolute Gasteiger partial charge is 0.296 e. The summed E-state index contributed by atoms with van der Waals surface area (Å²) in [5.41, 5.74) is 1.76. The molecule has 0 saturated carbocycles. The first kappa shape index (κ1) is 26.7. The lowest BCUT2D eigenvalue weighted by Crippen LogP contribution is -2.40. The summed E-state index contributed by atoms with van der Waals surface area (Å²) >= 11 is 6.69. The number of rotatable bonds is 4. The minimum atomic E-state index is -0.435. The second-order valence-electron chi connectivity index (χ2n) is 9.24. The van der Waals surface area contributed by atoms with Crippen LogP contribution in [-0.4, -0.2) is 50.5 Å². The number of thioether (sulfide) groups is 1. The van der Waals surface area contributed by atoms with Crippen molar-refractivity contribution < 1.29 is 9.53 Å². The fraction of sp³-hybridized carbons (Fsp3) is 0.296. The van der Waals surface area contributed by atoms with Crippen LogP contribution in [-0.2, 0) is 23.6 Å². The molecule has 0 atom stereocenters. The molecule has 4 heterocycles. The summed E-state index contributed by atoms with van der Waals surface area (Å²) < 4.78 is 10.4. The van der Waals surface area contributed by atoms with Crippen LogP contribution in [0.25, 0.3) is 11.8 Å². The Bertz CT molecular complexity index is 1700. The molecule has 2 fully saturated rings. The van der Waals surface area contributed by atoms with Crippen LogP contribution < -0.4 is 20.9 Å². The summed E-state index contributed by atoms with van der Waals surface area (Å²) in [5.74, 6) is 0.170. The Morgan fingerprint density at radius 3 is 2.36 bits per heavy atom. The zero-order valence-corrected chi connectivity index (χ0v) is 23.6. The first-order chi connectivity index (χ1) is 18.7. The van der Waals surface area contributed by atoms with Gasteiger partial charge in [-0.1, -0.05) is 42.2 Å². The number of carbonyl (C=O) groups excluding carboxylic acids is 1. The maximum absolute atomic E-state index is 13.8. The van der Waals surface area contributed by atoms with Crippen LogP contribution in [0.1, 0.15) is 22.4 Å². The fourth-order valence-corrected chi connectivity index (χ4v) is 6.23. The molecule has 2 aliphatic heterocycles. The summed E-state index contributed by atoms with van der Waals surface area (Å²) in [6.07, 6.45) is 1.67. The Morgan fingerprint density at radius 2 is 1.72 bits per heavy atom. The average Bonchev–Trinajstić information content (AvgIpc) is 3.33. The van der Waals surface area contributed by atoms with E-state index in [0.29, 0.717) is 59.5 Å². The van der Waals surface area contributed by atoms with E-state index in [4.69, 9.17) is 17.0 Å². The third kappa shape index (κ3) is 4.32. The van der Waals surface area contributed by atoms with Crippen molar-refractivity contribution in [3.05, 3.63) is 78.3 Å². The molecule has 12 heteroatoms. The molecule has 2 aromatic heterocycles. The Morgan fingerprint density at radius 1 is 1.05 bits per heavy atom. The summed E-state index contributed by atoms with van der Waals surface area (Å²) in [6.45, 7) is 5.58. The van der Waals surface area contributed by atoms with Crippen LogP contribution in [0.2, 0.25) is 0 Å². The minimum absolute atomic E-state index is 0.0147. The standard InChI is InChI=1S/C27H26N6O4S2/c1-16-19(23(31-10-12-37-13-11-31)29(3)24(34)20(16)15-28)14-21-25(35)32(27(38)39-21)22-17(2)30(4)33(26(22)36)18-8-6-5-7-9-18/h5-9,14H,10-13H2,1-4H3/b21-14-. The monoisotopic (exact) mass is 562 g/mol. The summed E-state index contributed by atoms with van der Waals surface area (Å²) in [5, 5.41) is 9.72. The number of thiocarbonyl (C=S) groups is 1. The highest BCUT2D eigenvalue weighted by Gasteiger charge is 2.38. The van der Waals surface area contributed by atoms with Gasteiger partial charge in [0, 0.05) is 32.7 Å². The third-order valence-corrected chi connectivity index (χ3v) is 8.40. The maximum atomic E-state index is 13.8. The number of aromatic nitrogens is 3. The van der Waals surface area contributed by atoms with Crippen molar-refractivity contribution in [1.82, 2.24) is 13.9 Å². The van der Waals surface area contributed by atoms with E-state index in [-0.39, 0.29) is 21.1 Å². The Balaban J connectivity index is 1.64. The van der Waals surface area contributed by atoms with E-state index in [1.54, 1.807) is 38.7 Å². The van der Waals surface area contributed by atoms with Crippen molar-refractivity contribution in [2.75, 3.05) is 36.1 Å². The van der Waals surface area contributed by atoms with Crippen LogP contribution in [0.4, 0.5) is 11.5 Å². The molecule has 1 aromatic carbocycles. The van der Waals surface area contributed by atoms with Gasteiger partial charge in [0.15, 0.2) is 4.32 Å². The normalized spacial score (nSPS) is 16.8. The molecular weight excluding hydrogens is 536 g/mol. The second kappa shape index (κ2) is 10.3. The first-order valence-corrected chi connectivity index (χ1v) is 13.5. The van der Waals surface area contributed by atoms with Gasteiger partial charge in [-0.25, -0.2) is 4.68 Å². The van der Waals surface area contributed by atoms with Gasteiger partial charge in [0.1, 0.15) is 23.1 Å². The van der Waals surface area contributed by atoms with Gasteiger partial charge in [-0.3, -0.25) is 28.5 Å². The largest absolute Gasteiger partial charge is 0.378 e. The zero-order chi connectivity index (χ0) is 28.0. The number of amides is 1. The lowest BCUT2D eigenvalue weighted by molar-refractivity contribution is -0.113. The quantitative estimate of drug-likeness (QED) is 0.353. The van der Waals surface area contributed by atoms with Crippen LogP contribution in [0.15, 0.2) is 44.8 Å². The number of benzene rings is 1. The van der Waals surface area contributed by atoms with Crippen molar-refractivity contribution in [1.29, 1.82) is 5.26 Å². The van der Waals surface area contributed by atoms with Crippen LogP contribution in [0.5, 0.6) is 0 Å². The Hall–Kier alpha value is -3.92. The second-order valence-corrected chi connectivity index (χ2v) is 10.9. The number of nitriles is 1. The lowest BCUT2D eigenvalue weighted by atomic mass is 10.0. The highest BCUT2D eigenvalue weighted by atomic mass is 32.2. The molecule has 0 aliphatic carbocycles. The minimum Gasteiger partial charge on any atom is -0.378 e. The van der Waals surface area contributed by atoms with E-state index < -0.39 is 11.5 Å². The number of hydrogen-bond donors (Lipinski definition) is 0. The summed E-state index contributed by atoms with van der Waals surface area (Å²) in [7, 11) is 3.38. The number of hydrogen-bond acceptors (Lipinski definition) is 8. The van der Waals surface area contributed by atoms with Gasteiger partial charge in [0.2, 0.25) is 0 Å². The molecule has 39 heavy (non-hydrogen) atoms. The van der Waals surface area contributed by atoms with Gasteiger partial charge < -0.3 is 9.64 Å². The topological polar surface area (TPSA) is 106 Å². The number of pyridine rings is 1. The van der Waals surface area contributed by atoms with E-state index in [0.717, 1.165) is 11.8 Å². The van der Waals surface area contributed by atoms with Gasteiger partial charge >= 0.3 is 0 Å². The molecule has 0 N–H and O–H groups in total. The highest BCUT2D eigenvalue weighted by Crippen LogP contribution is 2.38. The van der Waals surface area contributed by atoms with E-state index in [1.165, 1.54) is 14.1 Å². The van der Waals surface area contributed by atoms with Crippen molar-refractivity contribution >= 4 is 51.8 Å². The third-order valence-electron chi connectivity index (χ3n) is 7.10. The number of para-hydroxylation sites is 1. The van der Waals surface area contributed by atoms with Gasteiger partial charge in [-0.2, -0.15) is 5.26 Å². The molecule has 200 valence electrons. The van der Waals surface area contributed by atoms with Crippen molar-refractivity contribution in [3.63, 3.8) is 0 Å². The van der Waals surface area contributed by atoms with E-state index >= 15 is 0 Å². The van der Waals surface area contributed by atoms with Crippen LogP contribution in [0.3, 0.4) is 0 Å². The molecule has 1 amide bonds. The Kier molecular flexibility index (Phi) is 7.07. The molecule has 0 radical (unpaired) electrons. The number of carbonyl (C=O) groups is 1. The van der Waals surface area contributed by atoms with Gasteiger partial charge in [-0.15, -0.1) is 0 Å². The number of morpholine rings is 1. The summed E-state index contributed by atoms with van der Waals surface area (Å²) in [6, 6.07) is 11.2. The van der Waals surface area contributed by atoms with E-state index in [2.05, 4.69) is 0 Å². The molecule has 0 unspecified atom stereocenters. The number of ether oxygens (including phenoxy) is 1. The van der Waals surface area contributed by atoms with Crippen molar-refractivity contribution in [2.24, 2.45) is 14.1 Å². The average molecular weight is 563 g/mol. The number of anilines is 2. The van der Waals surface area contributed by atoms with Crippen LogP contribution in [0, 0.1) is 25.2 Å². The fourth-order valence-electron chi connectivity index (χ4n) is 4.97. The molecule has 0 spiro atoms. The predicted octanol–water partition coefficient (Wildman–Crippen LogP) is 2.61. The van der Waals surface area contributed by atoms with Crippen molar-refractivity contribution in [2.45, 2.75) is 13.8 Å². The van der Waals surface area contributed by atoms with Gasteiger partial charge in [0.25, 0.3) is 17.0 Å². The molecule has 10 nitrogen and oxygen atoms in total. The lowest BCUT2D eigenvalue weighted by Gasteiger charge is -2.32. The SMILES string of the molecule is Cc1c(/C=C2\SC(=S)N(c3c(C)n(C)n(-c4ccccc4)c3=O)C2=O)c(N2CCOCC2)n(C)c(=O)c1C#N. The predicted molar refractivity (Wildman–Crippen MR) is 156 cm³/mol. The highest BCUT2D eigenvalue weighted by molar-refractivity contribution is 8.27. The molecule has 3 aromatic rings. The first-order valence-electron chi connectivity index (χ1n) is 12.3. The molecule has 5 rings (SSSR count). The number of nitrogens with zero attached hydrogens (tertiary/aromatic N) is 6. The molecule has 2 aliphatic rings. The van der Waals surface area contributed by atoms with Crippen molar-refractivity contribution in [3.8, 4) is 11.8 Å². The van der Waals surface area contributed by atoms with E-state index in [9.17, 15) is 19.6 Å².